The van der Waals surface area contributed by atoms with Crippen LogP contribution >= 0.6 is 24.0 Å². The van der Waals surface area contributed by atoms with E-state index in [-0.39, 0.29) is 22.8 Å². The second-order valence-electron chi connectivity index (χ2n) is 5.85. The standard InChI is InChI=1S/C17H15NO2S3/c19-23(20)10-15-16(11-23)22-17(21)18(15)14-8-6-13(7-9-14)12-4-2-1-3-5-12/h1-9,15-16H,10-11H2/t15-,16+/m1/s1. The van der Waals surface area contributed by atoms with E-state index in [0.29, 0.717) is 0 Å². The minimum absolute atomic E-state index is 0.0277. The van der Waals surface area contributed by atoms with E-state index in [0.717, 1.165) is 15.6 Å². The fourth-order valence-electron chi connectivity index (χ4n) is 3.21. The Morgan fingerprint density at radius 2 is 1.61 bits per heavy atom. The fraction of sp³-hybridized carbons (Fsp3) is 0.235. The first-order chi connectivity index (χ1) is 11.0. The van der Waals surface area contributed by atoms with E-state index < -0.39 is 9.84 Å². The molecule has 0 radical (unpaired) electrons. The number of sulfone groups is 1. The van der Waals surface area contributed by atoms with Crippen LogP contribution < -0.4 is 4.90 Å². The van der Waals surface area contributed by atoms with Gasteiger partial charge in [-0.25, -0.2) is 8.42 Å². The van der Waals surface area contributed by atoms with Crippen LogP contribution in [0.1, 0.15) is 0 Å². The van der Waals surface area contributed by atoms with Crippen molar-refractivity contribution in [1.29, 1.82) is 0 Å². The monoisotopic (exact) mass is 361 g/mol. The van der Waals surface area contributed by atoms with E-state index in [2.05, 4.69) is 24.3 Å². The molecular formula is C17H15NO2S3. The van der Waals surface area contributed by atoms with Gasteiger partial charge in [-0.05, 0) is 23.3 Å². The molecule has 4 rings (SSSR count). The van der Waals surface area contributed by atoms with Crippen molar-refractivity contribution in [3.63, 3.8) is 0 Å². The zero-order chi connectivity index (χ0) is 16.0. The molecule has 2 heterocycles. The van der Waals surface area contributed by atoms with Crippen molar-refractivity contribution >= 4 is 43.8 Å². The van der Waals surface area contributed by atoms with Gasteiger partial charge in [0.05, 0.1) is 17.5 Å². The maximum absolute atomic E-state index is 11.9. The van der Waals surface area contributed by atoms with Crippen LogP contribution in [0.4, 0.5) is 5.69 Å². The number of benzene rings is 2. The Morgan fingerprint density at radius 1 is 0.957 bits per heavy atom. The molecular weight excluding hydrogens is 346 g/mol. The Bertz CT molecular complexity index is 847. The van der Waals surface area contributed by atoms with Gasteiger partial charge in [0, 0.05) is 10.9 Å². The van der Waals surface area contributed by atoms with Crippen LogP contribution in [0.5, 0.6) is 0 Å². The van der Waals surface area contributed by atoms with Gasteiger partial charge < -0.3 is 4.90 Å². The number of hydrogen-bond donors (Lipinski definition) is 0. The van der Waals surface area contributed by atoms with E-state index in [1.165, 1.54) is 17.3 Å². The maximum Gasteiger partial charge on any atom is 0.153 e. The first kappa shape index (κ1) is 15.2. The van der Waals surface area contributed by atoms with E-state index in [1.807, 2.05) is 35.2 Å². The summed E-state index contributed by atoms with van der Waals surface area (Å²) in [6.45, 7) is 0. The average Bonchev–Trinajstić information content (AvgIpc) is 2.98. The molecule has 2 saturated heterocycles. The summed E-state index contributed by atoms with van der Waals surface area (Å²) in [5, 5.41) is 0.0706. The predicted molar refractivity (Wildman–Crippen MR) is 101 cm³/mol. The van der Waals surface area contributed by atoms with Crippen molar-refractivity contribution in [2.45, 2.75) is 11.3 Å². The van der Waals surface area contributed by atoms with Crippen LogP contribution in [0.2, 0.25) is 0 Å². The van der Waals surface area contributed by atoms with E-state index in [9.17, 15) is 8.42 Å². The molecule has 0 amide bonds. The van der Waals surface area contributed by atoms with Gasteiger partial charge in [-0.1, -0.05) is 66.4 Å². The molecule has 2 aliphatic heterocycles. The molecule has 23 heavy (non-hydrogen) atoms. The molecule has 2 aromatic carbocycles. The van der Waals surface area contributed by atoms with Crippen LogP contribution in [-0.4, -0.2) is 35.5 Å². The first-order valence-corrected chi connectivity index (χ1v) is 10.5. The highest BCUT2D eigenvalue weighted by Crippen LogP contribution is 2.41. The highest BCUT2D eigenvalue weighted by Gasteiger charge is 2.48. The summed E-state index contributed by atoms with van der Waals surface area (Å²) < 4.78 is 24.5. The summed E-state index contributed by atoms with van der Waals surface area (Å²) in [6, 6.07) is 18.3. The minimum Gasteiger partial charge on any atom is -0.322 e. The predicted octanol–water partition coefficient (Wildman–Crippen LogP) is 3.36. The molecule has 0 unspecified atom stereocenters. The van der Waals surface area contributed by atoms with E-state index in [1.54, 1.807) is 0 Å². The van der Waals surface area contributed by atoms with Crippen molar-refractivity contribution in [1.82, 2.24) is 0 Å². The molecule has 3 nitrogen and oxygen atoms in total. The van der Waals surface area contributed by atoms with Crippen LogP contribution in [0.15, 0.2) is 54.6 Å². The van der Waals surface area contributed by atoms with Crippen molar-refractivity contribution in [3.05, 3.63) is 54.6 Å². The lowest BCUT2D eigenvalue weighted by Gasteiger charge is -2.24. The Hall–Kier alpha value is -1.37. The molecule has 2 fully saturated rings. The Balaban J connectivity index is 1.64. The summed E-state index contributed by atoms with van der Waals surface area (Å²) in [5.41, 5.74) is 3.29. The molecule has 6 heteroatoms. The Morgan fingerprint density at radius 3 is 2.30 bits per heavy atom. The van der Waals surface area contributed by atoms with Crippen LogP contribution in [0.25, 0.3) is 11.1 Å². The van der Waals surface area contributed by atoms with E-state index >= 15 is 0 Å². The molecule has 0 bridgehead atoms. The normalized spacial score (nSPS) is 25.6. The van der Waals surface area contributed by atoms with Gasteiger partial charge in [0.2, 0.25) is 0 Å². The van der Waals surface area contributed by atoms with Gasteiger partial charge in [-0.3, -0.25) is 0 Å². The van der Waals surface area contributed by atoms with Crippen molar-refractivity contribution in [2.24, 2.45) is 0 Å². The average molecular weight is 362 g/mol. The third kappa shape index (κ3) is 2.79. The van der Waals surface area contributed by atoms with Gasteiger partial charge in [0.15, 0.2) is 9.84 Å². The molecule has 0 aliphatic carbocycles. The second-order valence-corrected chi connectivity index (χ2v) is 9.88. The number of fused-ring (bicyclic) bond motifs is 1. The number of thioether (sulfide) groups is 1. The van der Waals surface area contributed by atoms with Crippen molar-refractivity contribution in [2.75, 3.05) is 16.4 Å². The highest BCUT2D eigenvalue weighted by molar-refractivity contribution is 8.24. The van der Waals surface area contributed by atoms with Crippen molar-refractivity contribution < 1.29 is 8.42 Å². The van der Waals surface area contributed by atoms with E-state index in [4.69, 9.17) is 12.2 Å². The Kier molecular flexibility index (Phi) is 3.70. The topological polar surface area (TPSA) is 37.4 Å². The van der Waals surface area contributed by atoms with Gasteiger partial charge in [-0.15, -0.1) is 0 Å². The van der Waals surface area contributed by atoms with Crippen molar-refractivity contribution in [3.8, 4) is 11.1 Å². The summed E-state index contributed by atoms with van der Waals surface area (Å²) in [4.78, 5) is 2.02. The third-order valence-corrected chi connectivity index (χ3v) is 7.90. The summed E-state index contributed by atoms with van der Waals surface area (Å²) in [6.07, 6.45) is 0. The second kappa shape index (κ2) is 5.61. The zero-order valence-electron chi connectivity index (χ0n) is 12.3. The molecule has 2 aliphatic rings. The van der Waals surface area contributed by atoms with Gasteiger partial charge >= 0.3 is 0 Å². The molecule has 2 aromatic rings. The SMILES string of the molecule is O=S1(=O)C[C@@H]2SC(=S)N(c3ccc(-c4ccccc4)cc3)[C@@H]2C1. The minimum atomic E-state index is -2.94. The first-order valence-electron chi connectivity index (χ1n) is 7.39. The third-order valence-electron chi connectivity index (χ3n) is 4.31. The quantitative estimate of drug-likeness (QED) is 0.767. The van der Waals surface area contributed by atoms with Gasteiger partial charge in [-0.2, -0.15) is 0 Å². The number of nitrogens with zero attached hydrogens (tertiary/aromatic N) is 1. The van der Waals surface area contributed by atoms with Crippen LogP contribution in [-0.2, 0) is 9.84 Å². The van der Waals surface area contributed by atoms with Crippen LogP contribution in [0, 0.1) is 0 Å². The summed E-state index contributed by atoms with van der Waals surface area (Å²) >= 11 is 6.99. The van der Waals surface area contributed by atoms with Crippen LogP contribution in [0.3, 0.4) is 0 Å². The fourth-order valence-corrected chi connectivity index (χ4v) is 7.59. The molecule has 0 spiro atoms. The lowest BCUT2D eigenvalue weighted by atomic mass is 10.1. The highest BCUT2D eigenvalue weighted by atomic mass is 32.2. The van der Waals surface area contributed by atoms with Gasteiger partial charge in [0.25, 0.3) is 0 Å². The largest absolute Gasteiger partial charge is 0.322 e. The zero-order valence-corrected chi connectivity index (χ0v) is 14.7. The number of thiocarbonyl (C=S) groups is 1. The smallest absolute Gasteiger partial charge is 0.153 e. The van der Waals surface area contributed by atoms with Gasteiger partial charge in [0.1, 0.15) is 4.32 Å². The molecule has 0 aromatic heterocycles. The summed E-state index contributed by atoms with van der Waals surface area (Å²) in [7, 11) is -2.94. The maximum atomic E-state index is 11.9. The molecule has 0 saturated carbocycles. The number of anilines is 1. The Labute approximate surface area is 145 Å². The number of rotatable bonds is 2. The molecule has 0 N–H and O–H groups in total. The summed E-state index contributed by atoms with van der Waals surface area (Å²) in [5.74, 6) is 0.437. The molecule has 118 valence electrons. The number of hydrogen-bond acceptors (Lipinski definition) is 4. The lowest BCUT2D eigenvalue weighted by molar-refractivity contribution is 0.601. The molecule has 2 atom stereocenters. The lowest BCUT2D eigenvalue weighted by Crippen LogP contribution is -2.36.